The second-order valence-corrected chi connectivity index (χ2v) is 5.26. The van der Waals surface area contributed by atoms with Crippen molar-refractivity contribution in [1.29, 1.82) is 0 Å². The Morgan fingerprint density at radius 1 is 1.09 bits per heavy atom. The summed E-state index contributed by atoms with van der Waals surface area (Å²) in [4.78, 5) is 11.3. The van der Waals surface area contributed by atoms with Crippen LogP contribution in [0.5, 0.6) is 0 Å². The minimum atomic E-state index is -5.68. The first-order valence-corrected chi connectivity index (χ1v) is 6.97. The van der Waals surface area contributed by atoms with Gasteiger partial charge < -0.3 is 4.74 Å². The Morgan fingerprint density at radius 3 is 1.95 bits per heavy atom. The number of alkyl halides is 6. The molecule has 0 aromatic carbocycles. The van der Waals surface area contributed by atoms with E-state index in [-0.39, 0.29) is 19.4 Å². The quantitative estimate of drug-likeness (QED) is 0.677. The molecule has 22 heavy (non-hydrogen) atoms. The Kier molecular flexibility index (Phi) is 7.50. The van der Waals surface area contributed by atoms with Gasteiger partial charge in [-0.3, -0.25) is 5.32 Å². The van der Waals surface area contributed by atoms with Gasteiger partial charge in [0.05, 0.1) is 6.61 Å². The lowest BCUT2D eigenvalue weighted by Crippen LogP contribution is -2.65. The largest absolute Gasteiger partial charge is 0.449 e. The molecule has 0 spiro atoms. The topological polar surface area (TPSA) is 38.3 Å². The van der Waals surface area contributed by atoms with E-state index in [4.69, 9.17) is 0 Å². The van der Waals surface area contributed by atoms with E-state index in [1.54, 1.807) is 6.92 Å². The molecule has 1 amide bonds. The number of carbonyl (C=O) groups excluding carboxylic acids is 1. The first-order valence-electron chi connectivity index (χ1n) is 6.97. The molecular formula is C13H21F6NO2. The number of hydrogen-bond donors (Lipinski definition) is 1. The van der Waals surface area contributed by atoms with E-state index in [0.717, 1.165) is 18.2 Å². The summed E-state index contributed by atoms with van der Waals surface area (Å²) >= 11 is 0. The summed E-state index contributed by atoms with van der Waals surface area (Å²) in [5.41, 5.74) is -4.35. The summed E-state index contributed by atoms with van der Waals surface area (Å²) in [6.07, 6.45) is -10.1. The second-order valence-electron chi connectivity index (χ2n) is 5.26. The van der Waals surface area contributed by atoms with E-state index in [1.165, 1.54) is 0 Å². The van der Waals surface area contributed by atoms with Gasteiger partial charge in [0, 0.05) is 0 Å². The minimum Gasteiger partial charge on any atom is -0.449 e. The van der Waals surface area contributed by atoms with Crippen molar-refractivity contribution in [3.8, 4) is 0 Å². The predicted octanol–water partition coefficient (Wildman–Crippen LogP) is 4.81. The third kappa shape index (κ3) is 5.57. The van der Waals surface area contributed by atoms with Gasteiger partial charge in [-0.2, -0.15) is 26.3 Å². The van der Waals surface area contributed by atoms with Crippen molar-refractivity contribution < 1.29 is 35.9 Å². The Hall–Kier alpha value is -1.15. The predicted molar refractivity (Wildman–Crippen MR) is 68.3 cm³/mol. The molecule has 0 fully saturated rings. The van der Waals surface area contributed by atoms with Gasteiger partial charge >= 0.3 is 18.4 Å². The van der Waals surface area contributed by atoms with Crippen LogP contribution < -0.4 is 5.32 Å². The van der Waals surface area contributed by atoms with Crippen molar-refractivity contribution in [2.75, 3.05) is 6.61 Å². The van der Waals surface area contributed by atoms with E-state index >= 15 is 0 Å². The maximum absolute atomic E-state index is 12.6. The molecule has 0 rings (SSSR count). The van der Waals surface area contributed by atoms with Crippen molar-refractivity contribution in [2.45, 2.75) is 64.3 Å². The molecule has 3 nitrogen and oxygen atoms in total. The van der Waals surface area contributed by atoms with Gasteiger partial charge in [0.25, 0.3) is 0 Å². The van der Waals surface area contributed by atoms with E-state index in [9.17, 15) is 31.1 Å². The second kappa shape index (κ2) is 7.92. The lowest BCUT2D eigenvalue weighted by Gasteiger charge is -2.34. The molecule has 0 saturated carbocycles. The number of carbonyl (C=O) groups is 1. The van der Waals surface area contributed by atoms with Crippen LogP contribution in [0.3, 0.4) is 0 Å². The van der Waals surface area contributed by atoms with E-state index in [1.807, 2.05) is 6.92 Å². The van der Waals surface area contributed by atoms with Gasteiger partial charge in [0.1, 0.15) is 0 Å². The van der Waals surface area contributed by atoms with Gasteiger partial charge in [-0.15, -0.1) is 0 Å². The van der Waals surface area contributed by atoms with Crippen molar-refractivity contribution in [3.05, 3.63) is 0 Å². The molecule has 0 aliphatic rings. The van der Waals surface area contributed by atoms with Crippen LogP contribution in [-0.2, 0) is 4.74 Å². The van der Waals surface area contributed by atoms with E-state index in [0.29, 0.717) is 12.8 Å². The highest BCUT2D eigenvalue weighted by Gasteiger charge is 2.69. The summed E-state index contributed by atoms with van der Waals surface area (Å²) in [7, 11) is 0. The Bertz CT molecular complexity index is 339. The maximum Gasteiger partial charge on any atom is 0.420 e. The van der Waals surface area contributed by atoms with Crippen LogP contribution in [0.25, 0.3) is 0 Å². The fourth-order valence-electron chi connectivity index (χ4n) is 1.63. The van der Waals surface area contributed by atoms with Crippen LogP contribution in [0.2, 0.25) is 0 Å². The monoisotopic (exact) mass is 337 g/mol. The Labute approximate surface area is 125 Å². The third-order valence-electron chi connectivity index (χ3n) is 3.48. The molecule has 0 saturated heterocycles. The summed E-state index contributed by atoms with van der Waals surface area (Å²) in [6.45, 7) is 3.40. The normalized spacial score (nSPS) is 14.6. The zero-order chi connectivity index (χ0) is 17.6. The number of halogens is 6. The lowest BCUT2D eigenvalue weighted by molar-refractivity contribution is -0.298. The van der Waals surface area contributed by atoms with Gasteiger partial charge in [0.15, 0.2) is 0 Å². The van der Waals surface area contributed by atoms with Crippen LogP contribution in [0.1, 0.15) is 46.5 Å². The van der Waals surface area contributed by atoms with E-state index < -0.39 is 24.0 Å². The smallest absolute Gasteiger partial charge is 0.420 e. The van der Waals surface area contributed by atoms with Crippen molar-refractivity contribution >= 4 is 6.09 Å². The number of ether oxygens (including phenoxy) is 1. The van der Waals surface area contributed by atoms with Crippen LogP contribution in [0.4, 0.5) is 31.1 Å². The molecule has 0 radical (unpaired) electrons. The van der Waals surface area contributed by atoms with Gasteiger partial charge in [0.2, 0.25) is 5.54 Å². The van der Waals surface area contributed by atoms with Crippen molar-refractivity contribution in [2.24, 2.45) is 5.92 Å². The summed E-state index contributed by atoms with van der Waals surface area (Å²) in [5.74, 6) is -0.0891. The molecular weight excluding hydrogens is 316 g/mol. The highest BCUT2D eigenvalue weighted by Crippen LogP contribution is 2.42. The molecule has 0 unspecified atom stereocenters. The SMILES string of the molecule is CCCC[C@@H](CC)COC(=O)NC(C)(C(F)(F)F)C(F)(F)F. The first kappa shape index (κ1) is 20.9. The fourth-order valence-corrected chi connectivity index (χ4v) is 1.63. The highest BCUT2D eigenvalue weighted by molar-refractivity contribution is 5.68. The molecule has 0 bridgehead atoms. The molecule has 0 heterocycles. The van der Waals surface area contributed by atoms with E-state index in [2.05, 4.69) is 4.74 Å². The summed E-state index contributed by atoms with van der Waals surface area (Å²) in [6, 6.07) is 0. The third-order valence-corrected chi connectivity index (χ3v) is 3.48. The summed E-state index contributed by atoms with van der Waals surface area (Å²) < 4.78 is 80.1. The lowest BCUT2D eigenvalue weighted by atomic mass is 10.0. The summed E-state index contributed by atoms with van der Waals surface area (Å²) in [5, 5.41) is 0.898. The number of hydrogen-bond acceptors (Lipinski definition) is 2. The standard InChI is InChI=1S/C13H21F6NO2/c1-4-6-7-9(5-2)8-22-10(21)20-11(3,12(14,15)16)13(17,18)19/h9H,4-8H2,1-3H3,(H,20,21)/t9-/m1/s1. The Balaban J connectivity index is 4.73. The number of unbranched alkanes of at least 4 members (excludes halogenated alkanes) is 1. The first-order chi connectivity index (χ1) is 9.89. The number of alkyl carbamates (subject to hydrolysis) is 1. The fraction of sp³-hybridized carbons (Fsp3) is 0.923. The van der Waals surface area contributed by atoms with Gasteiger partial charge in [-0.1, -0.05) is 33.1 Å². The number of nitrogens with one attached hydrogen (secondary N) is 1. The van der Waals surface area contributed by atoms with Crippen LogP contribution in [0, 0.1) is 5.92 Å². The van der Waals surface area contributed by atoms with Crippen LogP contribution in [-0.4, -0.2) is 30.6 Å². The molecule has 0 aromatic heterocycles. The van der Waals surface area contributed by atoms with Gasteiger partial charge in [-0.05, 0) is 19.3 Å². The average Bonchev–Trinajstić information content (AvgIpc) is 2.36. The number of amides is 1. The molecule has 1 N–H and O–H groups in total. The zero-order valence-corrected chi connectivity index (χ0v) is 12.7. The molecule has 0 aromatic rings. The molecule has 0 aliphatic carbocycles. The average molecular weight is 337 g/mol. The Morgan fingerprint density at radius 2 is 1.59 bits per heavy atom. The maximum atomic E-state index is 12.6. The minimum absolute atomic E-state index is 0.0891. The van der Waals surface area contributed by atoms with Crippen LogP contribution in [0.15, 0.2) is 0 Å². The van der Waals surface area contributed by atoms with Gasteiger partial charge in [-0.25, -0.2) is 4.79 Å². The molecule has 0 aliphatic heterocycles. The molecule has 1 atom stereocenters. The van der Waals surface area contributed by atoms with Crippen molar-refractivity contribution in [3.63, 3.8) is 0 Å². The zero-order valence-electron chi connectivity index (χ0n) is 12.7. The number of rotatable bonds is 7. The highest BCUT2D eigenvalue weighted by atomic mass is 19.4. The molecule has 132 valence electrons. The molecule has 9 heteroatoms. The van der Waals surface area contributed by atoms with Crippen LogP contribution >= 0.6 is 0 Å². The van der Waals surface area contributed by atoms with Crippen molar-refractivity contribution in [1.82, 2.24) is 5.32 Å².